The SMILES string of the molecule is N#Cc1cccc(NC(=O)CNCCc2ccc(S(N)(=O)=O)cc2)c1. The summed E-state index contributed by atoms with van der Waals surface area (Å²) >= 11 is 0. The lowest BCUT2D eigenvalue weighted by Gasteiger charge is -2.07. The maximum atomic E-state index is 11.8. The summed E-state index contributed by atoms with van der Waals surface area (Å²) in [5.41, 5.74) is 1.99. The molecule has 0 aromatic heterocycles. The zero-order chi connectivity index (χ0) is 18.3. The normalized spacial score (nSPS) is 10.9. The highest BCUT2D eigenvalue weighted by Crippen LogP contribution is 2.10. The maximum absolute atomic E-state index is 11.8. The summed E-state index contributed by atoms with van der Waals surface area (Å²) in [5.74, 6) is -0.209. The van der Waals surface area contributed by atoms with Crippen molar-refractivity contribution in [3.05, 3.63) is 59.7 Å². The van der Waals surface area contributed by atoms with Crippen molar-refractivity contribution in [2.75, 3.05) is 18.4 Å². The van der Waals surface area contributed by atoms with Crippen LogP contribution in [0.25, 0.3) is 0 Å². The van der Waals surface area contributed by atoms with Crippen LogP contribution in [0.4, 0.5) is 5.69 Å². The Morgan fingerprint density at radius 1 is 1.16 bits per heavy atom. The molecule has 0 bridgehead atoms. The first-order valence-corrected chi connectivity index (χ1v) is 9.05. The Balaban J connectivity index is 1.75. The zero-order valence-corrected chi connectivity index (χ0v) is 14.2. The maximum Gasteiger partial charge on any atom is 0.238 e. The highest BCUT2D eigenvalue weighted by atomic mass is 32.2. The summed E-state index contributed by atoms with van der Waals surface area (Å²) in [7, 11) is -3.68. The molecule has 0 aliphatic carbocycles. The second kappa shape index (κ2) is 8.39. The quantitative estimate of drug-likeness (QED) is 0.636. The van der Waals surface area contributed by atoms with Crippen molar-refractivity contribution < 1.29 is 13.2 Å². The van der Waals surface area contributed by atoms with E-state index in [0.717, 1.165) is 5.56 Å². The number of nitrogens with zero attached hydrogens (tertiary/aromatic N) is 1. The summed E-state index contributed by atoms with van der Waals surface area (Å²) in [6.45, 7) is 0.687. The Bertz CT molecular complexity index is 887. The number of sulfonamides is 1. The number of anilines is 1. The highest BCUT2D eigenvalue weighted by Gasteiger charge is 2.07. The van der Waals surface area contributed by atoms with E-state index in [2.05, 4.69) is 10.6 Å². The minimum Gasteiger partial charge on any atom is -0.325 e. The number of nitriles is 1. The van der Waals surface area contributed by atoms with Crippen molar-refractivity contribution in [2.24, 2.45) is 5.14 Å². The number of hydrogen-bond donors (Lipinski definition) is 3. The molecule has 0 aliphatic heterocycles. The molecular formula is C17H18N4O3S. The van der Waals surface area contributed by atoms with Crippen molar-refractivity contribution in [3.8, 4) is 6.07 Å². The molecule has 130 valence electrons. The van der Waals surface area contributed by atoms with Crippen LogP contribution < -0.4 is 15.8 Å². The first-order valence-electron chi connectivity index (χ1n) is 7.51. The summed E-state index contributed by atoms with van der Waals surface area (Å²) in [6.07, 6.45) is 0.641. The van der Waals surface area contributed by atoms with Crippen LogP contribution in [0.5, 0.6) is 0 Å². The van der Waals surface area contributed by atoms with E-state index in [9.17, 15) is 13.2 Å². The molecule has 1 amide bonds. The second-order valence-electron chi connectivity index (χ2n) is 5.36. The predicted octanol–water partition coefficient (Wildman–Crippen LogP) is 0.976. The average molecular weight is 358 g/mol. The first-order chi connectivity index (χ1) is 11.9. The van der Waals surface area contributed by atoms with E-state index < -0.39 is 10.0 Å². The number of carbonyl (C=O) groups is 1. The lowest BCUT2D eigenvalue weighted by Crippen LogP contribution is -2.29. The molecule has 0 saturated heterocycles. The van der Waals surface area contributed by atoms with Gasteiger partial charge in [0, 0.05) is 5.69 Å². The Labute approximate surface area is 146 Å². The fourth-order valence-electron chi connectivity index (χ4n) is 2.15. The summed E-state index contributed by atoms with van der Waals surface area (Å²) in [4.78, 5) is 11.9. The van der Waals surface area contributed by atoms with Crippen LogP contribution in [-0.4, -0.2) is 27.4 Å². The zero-order valence-electron chi connectivity index (χ0n) is 13.4. The fraction of sp³-hybridized carbons (Fsp3) is 0.176. The topological polar surface area (TPSA) is 125 Å². The molecule has 7 nitrogen and oxygen atoms in total. The molecule has 25 heavy (non-hydrogen) atoms. The number of amides is 1. The molecule has 0 radical (unpaired) electrons. The van der Waals surface area contributed by atoms with Crippen LogP contribution in [-0.2, 0) is 21.2 Å². The minimum atomic E-state index is -3.68. The Morgan fingerprint density at radius 3 is 2.52 bits per heavy atom. The number of nitrogens with two attached hydrogens (primary N) is 1. The highest BCUT2D eigenvalue weighted by molar-refractivity contribution is 7.89. The third-order valence-corrected chi connectivity index (χ3v) is 4.33. The molecule has 0 unspecified atom stereocenters. The van der Waals surface area contributed by atoms with E-state index in [-0.39, 0.29) is 17.3 Å². The molecule has 0 aliphatic rings. The van der Waals surface area contributed by atoms with Crippen molar-refractivity contribution >= 4 is 21.6 Å². The number of primary sulfonamides is 1. The molecule has 0 fully saturated rings. The molecule has 2 aromatic carbocycles. The van der Waals surface area contributed by atoms with Crippen LogP contribution >= 0.6 is 0 Å². The first kappa shape index (κ1) is 18.6. The van der Waals surface area contributed by atoms with Gasteiger partial charge in [0.15, 0.2) is 0 Å². The monoisotopic (exact) mass is 358 g/mol. The van der Waals surface area contributed by atoms with E-state index in [1.54, 1.807) is 36.4 Å². The molecule has 4 N–H and O–H groups in total. The van der Waals surface area contributed by atoms with E-state index in [1.807, 2.05) is 6.07 Å². The third kappa shape index (κ3) is 6.00. The molecule has 2 rings (SSSR count). The van der Waals surface area contributed by atoms with Gasteiger partial charge in [0.1, 0.15) is 0 Å². The van der Waals surface area contributed by atoms with Gasteiger partial charge >= 0.3 is 0 Å². The summed E-state index contributed by atoms with van der Waals surface area (Å²) in [5, 5.41) is 19.6. The third-order valence-electron chi connectivity index (χ3n) is 3.40. The summed E-state index contributed by atoms with van der Waals surface area (Å²) < 4.78 is 22.3. The molecule has 0 atom stereocenters. The van der Waals surface area contributed by atoms with Gasteiger partial charge in [0.05, 0.1) is 23.1 Å². The van der Waals surface area contributed by atoms with Gasteiger partial charge in [-0.1, -0.05) is 18.2 Å². The molecule has 8 heteroatoms. The Morgan fingerprint density at radius 2 is 1.88 bits per heavy atom. The number of rotatable bonds is 7. The van der Waals surface area contributed by atoms with Crippen LogP contribution in [0.3, 0.4) is 0 Å². The number of hydrogen-bond acceptors (Lipinski definition) is 5. The number of nitrogens with one attached hydrogen (secondary N) is 2. The van der Waals surface area contributed by atoms with Crippen LogP contribution in [0.1, 0.15) is 11.1 Å². The van der Waals surface area contributed by atoms with Gasteiger partial charge in [0.2, 0.25) is 15.9 Å². The van der Waals surface area contributed by atoms with Gasteiger partial charge in [0.25, 0.3) is 0 Å². The average Bonchev–Trinajstić information content (AvgIpc) is 2.58. The second-order valence-corrected chi connectivity index (χ2v) is 6.92. The van der Waals surface area contributed by atoms with Gasteiger partial charge < -0.3 is 10.6 Å². The van der Waals surface area contributed by atoms with E-state index in [0.29, 0.717) is 24.2 Å². The van der Waals surface area contributed by atoms with Gasteiger partial charge in [-0.05, 0) is 48.9 Å². The minimum absolute atomic E-state index is 0.0724. The van der Waals surface area contributed by atoms with E-state index >= 15 is 0 Å². The van der Waals surface area contributed by atoms with E-state index in [4.69, 9.17) is 10.4 Å². The fourth-order valence-corrected chi connectivity index (χ4v) is 2.67. The molecule has 0 spiro atoms. The van der Waals surface area contributed by atoms with Gasteiger partial charge in [-0.15, -0.1) is 0 Å². The van der Waals surface area contributed by atoms with Crippen molar-refractivity contribution in [1.29, 1.82) is 5.26 Å². The van der Waals surface area contributed by atoms with Crippen molar-refractivity contribution in [2.45, 2.75) is 11.3 Å². The lowest BCUT2D eigenvalue weighted by atomic mass is 10.1. The van der Waals surface area contributed by atoms with Crippen LogP contribution in [0.15, 0.2) is 53.4 Å². The van der Waals surface area contributed by atoms with Crippen LogP contribution in [0, 0.1) is 11.3 Å². The standard InChI is InChI=1S/C17H18N4O3S/c18-11-14-2-1-3-15(10-14)21-17(22)12-20-9-8-13-4-6-16(7-5-13)25(19,23)24/h1-7,10,20H,8-9,12H2,(H,21,22)(H2,19,23,24). The van der Waals surface area contributed by atoms with E-state index in [1.165, 1.54) is 12.1 Å². The summed E-state index contributed by atoms with van der Waals surface area (Å²) in [6, 6.07) is 15.0. The smallest absolute Gasteiger partial charge is 0.238 e. The largest absolute Gasteiger partial charge is 0.325 e. The van der Waals surface area contributed by atoms with Gasteiger partial charge in [-0.25, -0.2) is 13.6 Å². The lowest BCUT2D eigenvalue weighted by molar-refractivity contribution is -0.115. The molecule has 0 heterocycles. The molecule has 2 aromatic rings. The van der Waals surface area contributed by atoms with Gasteiger partial charge in [-0.2, -0.15) is 5.26 Å². The van der Waals surface area contributed by atoms with Crippen molar-refractivity contribution in [1.82, 2.24) is 5.32 Å². The molecular weight excluding hydrogens is 340 g/mol. The molecule has 0 saturated carbocycles. The number of benzene rings is 2. The van der Waals surface area contributed by atoms with Crippen LogP contribution in [0.2, 0.25) is 0 Å². The Hall–Kier alpha value is -2.73. The predicted molar refractivity (Wildman–Crippen MR) is 94.2 cm³/mol. The number of carbonyl (C=O) groups excluding carboxylic acids is 1. The Kier molecular flexibility index (Phi) is 6.25. The van der Waals surface area contributed by atoms with Crippen molar-refractivity contribution in [3.63, 3.8) is 0 Å². The van der Waals surface area contributed by atoms with Gasteiger partial charge in [-0.3, -0.25) is 4.79 Å².